The zero-order chi connectivity index (χ0) is 14.1. The summed E-state index contributed by atoms with van der Waals surface area (Å²) in [5.41, 5.74) is 1.15. The summed E-state index contributed by atoms with van der Waals surface area (Å²) in [7, 11) is 0. The van der Waals surface area contributed by atoms with Gasteiger partial charge in [-0.05, 0) is 30.3 Å². The number of rotatable bonds is 2. The lowest BCUT2D eigenvalue weighted by Gasteiger charge is -2.21. The first-order valence-corrected chi connectivity index (χ1v) is 6.16. The van der Waals surface area contributed by atoms with Crippen molar-refractivity contribution in [2.75, 3.05) is 18.5 Å². The van der Waals surface area contributed by atoms with Crippen LogP contribution >= 0.6 is 0 Å². The van der Waals surface area contributed by atoms with Crippen molar-refractivity contribution >= 4 is 11.5 Å². The average Bonchev–Trinajstić information content (AvgIpc) is 2.49. The van der Waals surface area contributed by atoms with E-state index in [1.807, 2.05) is 0 Å². The van der Waals surface area contributed by atoms with Crippen LogP contribution in [0.15, 0.2) is 36.4 Å². The van der Waals surface area contributed by atoms with Crippen molar-refractivity contribution in [2.45, 2.75) is 0 Å². The van der Waals surface area contributed by atoms with Crippen molar-refractivity contribution in [1.29, 1.82) is 0 Å². The second-order valence-corrected chi connectivity index (χ2v) is 4.42. The Hall–Kier alpha value is -2.43. The van der Waals surface area contributed by atoms with Gasteiger partial charge >= 0.3 is 0 Å². The molecule has 1 aliphatic heterocycles. The van der Waals surface area contributed by atoms with Crippen molar-refractivity contribution in [3.63, 3.8) is 0 Å². The first-order valence-electron chi connectivity index (χ1n) is 6.16. The lowest BCUT2D eigenvalue weighted by Crippen LogP contribution is -2.20. The Bertz CT molecular complexity index is 686. The van der Waals surface area contributed by atoms with Gasteiger partial charge in [0.15, 0.2) is 23.2 Å². The third kappa shape index (κ3) is 2.11. The number of halogens is 2. The zero-order valence-electron chi connectivity index (χ0n) is 10.5. The van der Waals surface area contributed by atoms with Crippen molar-refractivity contribution < 1.29 is 18.3 Å². The molecule has 1 heterocycles. The van der Waals surface area contributed by atoms with E-state index in [0.717, 1.165) is 17.8 Å². The summed E-state index contributed by atoms with van der Waals surface area (Å²) in [5, 5.41) is 3.12. The number of carbonyl (C=O) groups is 1. The van der Waals surface area contributed by atoms with E-state index in [4.69, 9.17) is 4.74 Å². The van der Waals surface area contributed by atoms with Gasteiger partial charge in [-0.2, -0.15) is 0 Å². The van der Waals surface area contributed by atoms with E-state index < -0.39 is 17.4 Å². The zero-order valence-corrected chi connectivity index (χ0v) is 10.5. The van der Waals surface area contributed by atoms with E-state index >= 15 is 0 Å². The predicted molar refractivity (Wildman–Crippen MR) is 70.2 cm³/mol. The number of benzene rings is 2. The molecule has 3 nitrogen and oxygen atoms in total. The van der Waals surface area contributed by atoms with Crippen LogP contribution < -0.4 is 10.1 Å². The third-order valence-electron chi connectivity index (χ3n) is 3.11. The Morgan fingerprint density at radius 3 is 2.80 bits per heavy atom. The summed E-state index contributed by atoms with van der Waals surface area (Å²) < 4.78 is 31.6. The van der Waals surface area contributed by atoms with Gasteiger partial charge in [0.25, 0.3) is 0 Å². The molecule has 1 aliphatic rings. The topological polar surface area (TPSA) is 38.3 Å². The van der Waals surface area contributed by atoms with Crippen LogP contribution in [0.4, 0.5) is 14.5 Å². The van der Waals surface area contributed by atoms with E-state index in [9.17, 15) is 13.6 Å². The molecule has 2 aromatic rings. The molecule has 2 aromatic carbocycles. The Labute approximate surface area is 114 Å². The molecule has 0 fully saturated rings. The molecule has 0 saturated carbocycles. The molecule has 0 bridgehead atoms. The van der Waals surface area contributed by atoms with E-state index in [1.165, 1.54) is 6.07 Å². The largest absolute Gasteiger partial charge is 0.489 e. The summed E-state index contributed by atoms with van der Waals surface area (Å²) in [4.78, 5) is 12.4. The molecule has 0 unspecified atom stereocenters. The highest BCUT2D eigenvalue weighted by Crippen LogP contribution is 2.32. The van der Waals surface area contributed by atoms with Crippen LogP contribution in [-0.4, -0.2) is 18.9 Å². The number of para-hydroxylation sites is 1. The Morgan fingerprint density at radius 1 is 1.15 bits per heavy atom. The van der Waals surface area contributed by atoms with Crippen LogP contribution in [0.2, 0.25) is 0 Å². The number of hydrogen-bond donors (Lipinski definition) is 1. The molecular weight excluding hydrogens is 264 g/mol. The lowest BCUT2D eigenvalue weighted by molar-refractivity contribution is 0.103. The maximum atomic E-state index is 13.2. The molecule has 5 heteroatoms. The smallest absolute Gasteiger partial charge is 0.196 e. The number of ether oxygens (including phenoxy) is 1. The second kappa shape index (κ2) is 4.92. The van der Waals surface area contributed by atoms with Gasteiger partial charge in [0.1, 0.15) is 6.61 Å². The Morgan fingerprint density at radius 2 is 2.00 bits per heavy atom. The van der Waals surface area contributed by atoms with Gasteiger partial charge in [-0.1, -0.05) is 6.07 Å². The number of carbonyl (C=O) groups excluding carboxylic acids is 1. The minimum Gasteiger partial charge on any atom is -0.489 e. The second-order valence-electron chi connectivity index (χ2n) is 4.42. The van der Waals surface area contributed by atoms with E-state index in [0.29, 0.717) is 24.5 Å². The number of hydrogen-bond acceptors (Lipinski definition) is 3. The minimum absolute atomic E-state index is 0.0893. The molecular formula is C15H11F2NO2. The summed E-state index contributed by atoms with van der Waals surface area (Å²) >= 11 is 0. The monoisotopic (exact) mass is 275 g/mol. The Kier molecular flexibility index (Phi) is 3.10. The van der Waals surface area contributed by atoms with Gasteiger partial charge in [0.2, 0.25) is 0 Å². The van der Waals surface area contributed by atoms with Crippen LogP contribution in [0, 0.1) is 11.6 Å². The van der Waals surface area contributed by atoms with E-state index in [1.54, 1.807) is 18.2 Å². The first-order chi connectivity index (χ1) is 9.66. The highest BCUT2D eigenvalue weighted by atomic mass is 19.2. The fourth-order valence-electron chi connectivity index (χ4n) is 2.14. The highest BCUT2D eigenvalue weighted by molar-refractivity contribution is 6.11. The van der Waals surface area contributed by atoms with Crippen molar-refractivity contribution in [3.05, 3.63) is 59.2 Å². The SMILES string of the molecule is O=C(c1ccc(F)c(F)c1)c1cccc2c1OCCN2. The van der Waals surface area contributed by atoms with Gasteiger partial charge in [0.05, 0.1) is 11.3 Å². The number of anilines is 1. The van der Waals surface area contributed by atoms with E-state index in [-0.39, 0.29) is 5.56 Å². The third-order valence-corrected chi connectivity index (χ3v) is 3.11. The summed E-state index contributed by atoms with van der Waals surface area (Å²) in [6.45, 7) is 1.12. The van der Waals surface area contributed by atoms with Gasteiger partial charge in [0, 0.05) is 12.1 Å². The van der Waals surface area contributed by atoms with Crippen LogP contribution in [0.25, 0.3) is 0 Å². The summed E-state index contributed by atoms with van der Waals surface area (Å²) in [5.74, 6) is -1.97. The van der Waals surface area contributed by atoms with Crippen LogP contribution in [-0.2, 0) is 0 Å². The molecule has 0 spiro atoms. The highest BCUT2D eigenvalue weighted by Gasteiger charge is 2.20. The maximum absolute atomic E-state index is 13.2. The van der Waals surface area contributed by atoms with Crippen LogP contribution in [0.5, 0.6) is 5.75 Å². The molecule has 102 valence electrons. The van der Waals surface area contributed by atoms with Gasteiger partial charge < -0.3 is 10.1 Å². The summed E-state index contributed by atoms with van der Waals surface area (Å²) in [6, 6.07) is 8.22. The van der Waals surface area contributed by atoms with Crippen molar-refractivity contribution in [3.8, 4) is 5.75 Å². The van der Waals surface area contributed by atoms with Gasteiger partial charge in [-0.3, -0.25) is 4.79 Å². The van der Waals surface area contributed by atoms with E-state index in [2.05, 4.69) is 5.32 Å². The van der Waals surface area contributed by atoms with Gasteiger partial charge in [-0.15, -0.1) is 0 Å². The number of ketones is 1. The molecule has 0 aromatic heterocycles. The molecule has 1 N–H and O–H groups in total. The lowest BCUT2D eigenvalue weighted by atomic mass is 10.0. The molecule has 0 saturated heterocycles. The van der Waals surface area contributed by atoms with Crippen molar-refractivity contribution in [2.24, 2.45) is 0 Å². The molecule has 3 rings (SSSR count). The first kappa shape index (κ1) is 12.6. The molecule has 0 aliphatic carbocycles. The molecule has 0 amide bonds. The molecule has 20 heavy (non-hydrogen) atoms. The fourth-order valence-corrected chi connectivity index (χ4v) is 2.14. The number of fused-ring (bicyclic) bond motifs is 1. The van der Waals surface area contributed by atoms with Gasteiger partial charge in [-0.25, -0.2) is 8.78 Å². The van der Waals surface area contributed by atoms with Crippen molar-refractivity contribution in [1.82, 2.24) is 0 Å². The minimum atomic E-state index is -1.04. The Balaban J connectivity index is 2.04. The molecule has 0 atom stereocenters. The maximum Gasteiger partial charge on any atom is 0.196 e. The average molecular weight is 275 g/mol. The number of nitrogens with one attached hydrogen (secondary N) is 1. The summed E-state index contributed by atoms with van der Waals surface area (Å²) in [6.07, 6.45) is 0. The normalized spacial score (nSPS) is 13.1. The standard InChI is InChI=1S/C15H11F2NO2/c16-11-5-4-9(8-12(11)17)14(19)10-2-1-3-13-15(10)20-7-6-18-13/h1-5,8,18H,6-7H2. The fraction of sp³-hybridized carbons (Fsp3) is 0.133. The van der Waals surface area contributed by atoms with Crippen LogP contribution in [0.1, 0.15) is 15.9 Å². The predicted octanol–water partition coefficient (Wildman–Crippen LogP) is 3.00. The van der Waals surface area contributed by atoms with Crippen LogP contribution in [0.3, 0.4) is 0 Å². The quantitative estimate of drug-likeness (QED) is 0.856. The molecule has 0 radical (unpaired) electrons.